The Morgan fingerprint density at radius 1 is 1.47 bits per heavy atom. The molecule has 5 atom stereocenters. The summed E-state index contributed by atoms with van der Waals surface area (Å²) in [6, 6.07) is 0. The van der Waals surface area contributed by atoms with E-state index in [9.17, 15) is 15.0 Å². The van der Waals surface area contributed by atoms with Gasteiger partial charge < -0.3 is 24.5 Å². The highest BCUT2D eigenvalue weighted by Crippen LogP contribution is 2.44. The van der Waals surface area contributed by atoms with E-state index in [1.807, 2.05) is 13.8 Å². The molecule has 0 aromatic rings. The number of aliphatic hydroxyl groups is 2. The van der Waals surface area contributed by atoms with E-state index >= 15 is 0 Å². The third-order valence-corrected chi connectivity index (χ3v) is 3.92. The van der Waals surface area contributed by atoms with Gasteiger partial charge in [-0.15, -0.1) is 0 Å². The van der Waals surface area contributed by atoms with E-state index in [0.717, 1.165) is 0 Å². The third-order valence-electron chi connectivity index (χ3n) is 3.92. The average Bonchev–Trinajstić information content (AvgIpc) is 2.65. The summed E-state index contributed by atoms with van der Waals surface area (Å²) in [7, 11) is 0. The van der Waals surface area contributed by atoms with E-state index < -0.39 is 30.0 Å². The summed E-state index contributed by atoms with van der Waals surface area (Å²) in [5.41, 5.74) is -0.836. The van der Waals surface area contributed by atoms with Gasteiger partial charge in [-0.2, -0.15) is 0 Å². The summed E-state index contributed by atoms with van der Waals surface area (Å²) in [6.07, 6.45) is -2.40. The summed E-state index contributed by atoms with van der Waals surface area (Å²) < 4.78 is 11.3. The van der Waals surface area contributed by atoms with Crippen LogP contribution in [0.2, 0.25) is 0 Å². The second-order valence-electron chi connectivity index (χ2n) is 5.41. The highest BCUT2D eigenvalue weighted by atomic mass is 16.7. The molecule has 0 radical (unpaired) electrons. The zero-order valence-electron chi connectivity index (χ0n) is 10.4. The van der Waals surface area contributed by atoms with Gasteiger partial charge in [0.05, 0.1) is 12.7 Å². The predicted octanol–water partition coefficient (Wildman–Crippen LogP) is 0.0848. The third kappa shape index (κ3) is 1.91. The zero-order chi connectivity index (χ0) is 12.8. The normalized spacial score (nSPS) is 45.3. The Morgan fingerprint density at radius 3 is 2.65 bits per heavy atom. The van der Waals surface area contributed by atoms with Gasteiger partial charge in [-0.3, -0.25) is 0 Å². The largest absolute Gasteiger partial charge is 0.390 e. The van der Waals surface area contributed by atoms with Gasteiger partial charge >= 0.3 is 0 Å². The topological polar surface area (TPSA) is 76.0 Å². The maximum Gasteiger partial charge on any atom is 0.164 e. The molecule has 2 N–H and O–H groups in total. The molecule has 0 aromatic carbocycles. The second-order valence-corrected chi connectivity index (χ2v) is 5.41. The number of aliphatic hydroxyl groups excluding tert-OH is 2. The lowest BCUT2D eigenvalue weighted by atomic mass is 9.77. The number of carbonyl (C=O) groups excluding carboxylic acids is 1. The summed E-state index contributed by atoms with van der Waals surface area (Å²) in [4.78, 5) is 11.1. The quantitative estimate of drug-likeness (QED) is 0.735. The van der Waals surface area contributed by atoms with Crippen LogP contribution in [0.3, 0.4) is 0 Å². The molecule has 2 heterocycles. The molecule has 2 rings (SSSR count). The molecule has 2 fully saturated rings. The molecule has 2 bridgehead atoms. The van der Waals surface area contributed by atoms with Crippen LogP contribution in [-0.4, -0.2) is 46.7 Å². The molecular formula is C12H20O5. The van der Waals surface area contributed by atoms with Crippen molar-refractivity contribution in [3.8, 4) is 0 Å². The number of Topliss-reactive ketones (excluding diaryl/α,β-unsaturated/α-hetero) is 1. The molecule has 98 valence electrons. The van der Waals surface area contributed by atoms with Crippen LogP contribution in [0.4, 0.5) is 0 Å². The lowest BCUT2D eigenvalue weighted by Crippen LogP contribution is -2.61. The Bertz CT molecular complexity index is 316. The Hall–Kier alpha value is -0.490. The van der Waals surface area contributed by atoms with E-state index in [4.69, 9.17) is 9.47 Å². The fourth-order valence-corrected chi connectivity index (χ4v) is 2.74. The molecule has 0 saturated carbocycles. The van der Waals surface area contributed by atoms with Crippen LogP contribution in [0.5, 0.6) is 0 Å². The molecule has 2 aliphatic rings. The second kappa shape index (κ2) is 4.31. The van der Waals surface area contributed by atoms with Gasteiger partial charge in [0.2, 0.25) is 0 Å². The van der Waals surface area contributed by atoms with Gasteiger partial charge in [-0.25, -0.2) is 0 Å². The molecule has 0 aliphatic carbocycles. The number of ether oxygens (including phenoxy) is 2. The van der Waals surface area contributed by atoms with Crippen molar-refractivity contribution < 1.29 is 24.5 Å². The van der Waals surface area contributed by atoms with E-state index in [1.165, 1.54) is 6.92 Å². The van der Waals surface area contributed by atoms with Crippen LogP contribution < -0.4 is 0 Å². The molecule has 17 heavy (non-hydrogen) atoms. The number of ketones is 1. The van der Waals surface area contributed by atoms with E-state index in [-0.39, 0.29) is 24.7 Å². The summed E-state index contributed by atoms with van der Waals surface area (Å²) in [6.45, 7) is 5.57. The van der Waals surface area contributed by atoms with Crippen LogP contribution in [-0.2, 0) is 14.3 Å². The Kier molecular flexibility index (Phi) is 3.29. The molecule has 5 nitrogen and oxygen atoms in total. The van der Waals surface area contributed by atoms with Gasteiger partial charge in [0.15, 0.2) is 6.29 Å². The number of carbonyl (C=O) groups is 1. The highest BCUT2D eigenvalue weighted by Gasteiger charge is 2.60. The van der Waals surface area contributed by atoms with Crippen molar-refractivity contribution in [2.24, 2.45) is 11.8 Å². The Morgan fingerprint density at radius 2 is 2.12 bits per heavy atom. The van der Waals surface area contributed by atoms with Gasteiger partial charge in [-0.05, 0) is 12.8 Å². The minimum absolute atomic E-state index is 0.0374. The average molecular weight is 244 g/mol. The SMILES string of the molecule is CC(=O)C[C@H]1[C@H]2OC[C@](C(C)C)(O2)[C@H](O)[C@@H]1O. The fraction of sp³-hybridized carbons (Fsp3) is 0.917. The van der Waals surface area contributed by atoms with E-state index in [2.05, 4.69) is 0 Å². The Balaban J connectivity index is 2.22. The van der Waals surface area contributed by atoms with Crippen LogP contribution in [0, 0.1) is 11.8 Å². The molecular weight excluding hydrogens is 224 g/mol. The number of fused-ring (bicyclic) bond motifs is 2. The first-order valence-electron chi connectivity index (χ1n) is 6.03. The molecule has 2 saturated heterocycles. The first kappa shape index (κ1) is 13.0. The van der Waals surface area contributed by atoms with Gasteiger partial charge in [0, 0.05) is 12.3 Å². The summed E-state index contributed by atoms with van der Waals surface area (Å²) >= 11 is 0. The smallest absolute Gasteiger partial charge is 0.164 e. The highest BCUT2D eigenvalue weighted by molar-refractivity contribution is 5.75. The molecule has 2 aliphatic heterocycles. The van der Waals surface area contributed by atoms with Crippen LogP contribution in [0.15, 0.2) is 0 Å². The minimum atomic E-state index is -1.01. The number of hydrogen-bond donors (Lipinski definition) is 2. The van der Waals surface area contributed by atoms with E-state index in [0.29, 0.717) is 0 Å². The molecule has 0 unspecified atom stereocenters. The van der Waals surface area contributed by atoms with Gasteiger partial charge in [0.25, 0.3) is 0 Å². The maximum absolute atomic E-state index is 11.1. The maximum atomic E-state index is 11.1. The van der Waals surface area contributed by atoms with Gasteiger partial charge in [0.1, 0.15) is 17.5 Å². The Labute approximate surface area is 101 Å². The molecule has 0 aromatic heterocycles. The van der Waals surface area contributed by atoms with Crippen molar-refractivity contribution in [1.29, 1.82) is 0 Å². The van der Waals surface area contributed by atoms with Crippen molar-refractivity contribution in [2.75, 3.05) is 6.61 Å². The van der Waals surface area contributed by atoms with Crippen molar-refractivity contribution in [1.82, 2.24) is 0 Å². The van der Waals surface area contributed by atoms with Crippen molar-refractivity contribution in [3.05, 3.63) is 0 Å². The monoisotopic (exact) mass is 244 g/mol. The van der Waals surface area contributed by atoms with Crippen molar-refractivity contribution >= 4 is 5.78 Å². The molecule has 0 spiro atoms. The van der Waals surface area contributed by atoms with Crippen LogP contribution in [0.1, 0.15) is 27.2 Å². The molecule has 0 amide bonds. The predicted molar refractivity (Wildman–Crippen MR) is 59.2 cm³/mol. The molecule has 5 heteroatoms. The van der Waals surface area contributed by atoms with Gasteiger partial charge in [-0.1, -0.05) is 13.8 Å². The van der Waals surface area contributed by atoms with Crippen LogP contribution in [0.25, 0.3) is 0 Å². The summed E-state index contributed by atoms with van der Waals surface area (Å²) in [5, 5.41) is 20.3. The standard InChI is InChI=1S/C12H20O5/c1-6(2)12-5-16-11(17-12)8(4-7(3)13)9(14)10(12)15/h6,8-11,14-15H,4-5H2,1-3H3/t8-,9-,10-,11+,12-/m1/s1. The van der Waals surface area contributed by atoms with Crippen LogP contribution >= 0.6 is 0 Å². The first-order valence-corrected chi connectivity index (χ1v) is 6.03. The zero-order valence-corrected chi connectivity index (χ0v) is 10.4. The summed E-state index contributed by atoms with van der Waals surface area (Å²) in [5.74, 6) is -0.482. The first-order chi connectivity index (χ1) is 7.88. The minimum Gasteiger partial charge on any atom is -0.390 e. The lowest BCUT2D eigenvalue weighted by molar-refractivity contribution is -0.251. The van der Waals surface area contributed by atoms with Crippen molar-refractivity contribution in [3.63, 3.8) is 0 Å². The van der Waals surface area contributed by atoms with E-state index in [1.54, 1.807) is 0 Å². The number of rotatable bonds is 3. The van der Waals surface area contributed by atoms with Crippen molar-refractivity contribution in [2.45, 2.75) is 51.3 Å². The number of hydrogen-bond acceptors (Lipinski definition) is 5. The lowest BCUT2D eigenvalue weighted by Gasteiger charge is -2.44. The fourth-order valence-electron chi connectivity index (χ4n) is 2.74.